The second kappa shape index (κ2) is 4.78. The molecule has 0 radical (unpaired) electrons. The van der Waals surface area contributed by atoms with Gasteiger partial charge in [-0.15, -0.1) is 0 Å². The fraction of sp³-hybridized carbons (Fsp3) is 1.00. The summed E-state index contributed by atoms with van der Waals surface area (Å²) >= 11 is 0. The van der Waals surface area contributed by atoms with Crippen LogP contribution in [0.2, 0.25) is 0 Å². The van der Waals surface area contributed by atoms with E-state index in [1.807, 2.05) is 6.92 Å². The summed E-state index contributed by atoms with van der Waals surface area (Å²) in [6.07, 6.45) is 1.78. The maximum Gasteiger partial charge on any atom is 0.279 e. The molecule has 0 bridgehead atoms. The van der Waals surface area contributed by atoms with Crippen LogP contribution in [0.5, 0.6) is 0 Å². The zero-order chi connectivity index (χ0) is 11.5. The third kappa shape index (κ3) is 3.71. The predicted octanol–water partition coefficient (Wildman–Crippen LogP) is 0.0776. The molecule has 1 rings (SSSR count). The first kappa shape index (κ1) is 12.9. The Bertz CT molecular complexity index is 290. The first-order chi connectivity index (χ1) is 6.87. The SMILES string of the molecule is CCCNS(=O)(=O)N1CCC(C)(O)CC1. The maximum absolute atomic E-state index is 11.7. The van der Waals surface area contributed by atoms with Gasteiger partial charge in [-0.1, -0.05) is 6.92 Å². The van der Waals surface area contributed by atoms with Gasteiger partial charge in [0.1, 0.15) is 0 Å². The Morgan fingerprint density at radius 3 is 2.40 bits per heavy atom. The minimum Gasteiger partial charge on any atom is -0.390 e. The fourth-order valence-electron chi connectivity index (χ4n) is 1.53. The van der Waals surface area contributed by atoms with Crippen LogP contribution in [-0.2, 0) is 10.2 Å². The lowest BCUT2D eigenvalue weighted by molar-refractivity contribution is 0.0124. The van der Waals surface area contributed by atoms with Gasteiger partial charge in [-0.05, 0) is 26.2 Å². The van der Waals surface area contributed by atoms with Crippen molar-refractivity contribution in [3.63, 3.8) is 0 Å². The molecule has 1 aliphatic heterocycles. The number of rotatable bonds is 4. The molecule has 0 aromatic heterocycles. The molecule has 5 nitrogen and oxygen atoms in total. The lowest BCUT2D eigenvalue weighted by atomic mass is 9.95. The highest BCUT2D eigenvalue weighted by Gasteiger charge is 2.32. The van der Waals surface area contributed by atoms with E-state index in [1.165, 1.54) is 4.31 Å². The number of aliphatic hydroxyl groups is 1. The van der Waals surface area contributed by atoms with E-state index in [9.17, 15) is 13.5 Å². The maximum atomic E-state index is 11.7. The van der Waals surface area contributed by atoms with Crippen molar-refractivity contribution in [2.45, 2.75) is 38.7 Å². The van der Waals surface area contributed by atoms with Crippen molar-refractivity contribution in [2.75, 3.05) is 19.6 Å². The Morgan fingerprint density at radius 1 is 1.40 bits per heavy atom. The summed E-state index contributed by atoms with van der Waals surface area (Å²) < 4.78 is 27.3. The van der Waals surface area contributed by atoms with Gasteiger partial charge < -0.3 is 5.11 Å². The number of nitrogens with one attached hydrogen (secondary N) is 1. The average molecular weight is 236 g/mol. The van der Waals surface area contributed by atoms with Gasteiger partial charge in [0.05, 0.1) is 5.60 Å². The molecule has 1 saturated heterocycles. The van der Waals surface area contributed by atoms with E-state index in [-0.39, 0.29) is 0 Å². The standard InChI is InChI=1S/C9H20N2O3S/c1-3-6-10-15(13,14)11-7-4-9(2,12)5-8-11/h10,12H,3-8H2,1-2H3. The summed E-state index contributed by atoms with van der Waals surface area (Å²) in [4.78, 5) is 0. The molecule has 0 spiro atoms. The minimum atomic E-state index is -3.32. The summed E-state index contributed by atoms with van der Waals surface area (Å²) in [6, 6.07) is 0. The second-order valence-corrected chi connectivity index (χ2v) is 6.05. The number of piperidine rings is 1. The van der Waals surface area contributed by atoms with Crippen LogP contribution in [0, 0.1) is 0 Å². The van der Waals surface area contributed by atoms with Gasteiger partial charge in [0.2, 0.25) is 0 Å². The van der Waals surface area contributed by atoms with Crippen LogP contribution in [0.4, 0.5) is 0 Å². The summed E-state index contributed by atoms with van der Waals surface area (Å²) in [5.74, 6) is 0. The van der Waals surface area contributed by atoms with Gasteiger partial charge in [0, 0.05) is 19.6 Å². The van der Waals surface area contributed by atoms with Crippen molar-refractivity contribution in [3.05, 3.63) is 0 Å². The molecule has 1 aliphatic rings. The van der Waals surface area contributed by atoms with Crippen molar-refractivity contribution in [1.82, 2.24) is 9.03 Å². The summed E-state index contributed by atoms with van der Waals surface area (Å²) in [5.41, 5.74) is -0.712. The van der Waals surface area contributed by atoms with Gasteiger partial charge in [-0.3, -0.25) is 0 Å². The van der Waals surface area contributed by atoms with Crippen LogP contribution in [0.25, 0.3) is 0 Å². The van der Waals surface area contributed by atoms with Gasteiger partial charge in [0.15, 0.2) is 0 Å². The van der Waals surface area contributed by atoms with Crippen LogP contribution >= 0.6 is 0 Å². The van der Waals surface area contributed by atoms with Gasteiger partial charge in [-0.25, -0.2) is 4.72 Å². The van der Waals surface area contributed by atoms with E-state index in [4.69, 9.17) is 0 Å². The summed E-state index contributed by atoms with van der Waals surface area (Å²) in [7, 11) is -3.32. The van der Waals surface area contributed by atoms with Crippen LogP contribution < -0.4 is 4.72 Å². The smallest absolute Gasteiger partial charge is 0.279 e. The molecule has 0 atom stereocenters. The molecule has 0 aromatic rings. The monoisotopic (exact) mass is 236 g/mol. The molecule has 0 amide bonds. The highest BCUT2D eigenvalue weighted by molar-refractivity contribution is 7.87. The first-order valence-corrected chi connectivity index (χ1v) is 6.78. The van der Waals surface area contributed by atoms with Crippen molar-refractivity contribution in [2.24, 2.45) is 0 Å². The molecule has 0 unspecified atom stereocenters. The lowest BCUT2D eigenvalue weighted by Gasteiger charge is -2.34. The van der Waals surface area contributed by atoms with Gasteiger partial charge >= 0.3 is 0 Å². The van der Waals surface area contributed by atoms with E-state index < -0.39 is 15.8 Å². The highest BCUT2D eigenvalue weighted by atomic mass is 32.2. The fourth-order valence-corrected chi connectivity index (χ4v) is 2.84. The molecular weight excluding hydrogens is 216 g/mol. The molecule has 1 heterocycles. The van der Waals surface area contributed by atoms with E-state index in [0.717, 1.165) is 6.42 Å². The normalized spacial score (nSPS) is 22.9. The minimum absolute atomic E-state index is 0.395. The molecular formula is C9H20N2O3S. The van der Waals surface area contributed by atoms with Gasteiger partial charge in [0.25, 0.3) is 10.2 Å². The van der Waals surface area contributed by atoms with Gasteiger partial charge in [-0.2, -0.15) is 12.7 Å². The number of nitrogens with zero attached hydrogens (tertiary/aromatic N) is 1. The molecule has 90 valence electrons. The number of hydrogen-bond donors (Lipinski definition) is 2. The molecule has 1 fully saturated rings. The van der Waals surface area contributed by atoms with Crippen molar-refractivity contribution >= 4 is 10.2 Å². The second-order valence-electron chi connectivity index (χ2n) is 4.30. The van der Waals surface area contributed by atoms with Crippen LogP contribution in [0.1, 0.15) is 33.1 Å². The largest absolute Gasteiger partial charge is 0.390 e. The van der Waals surface area contributed by atoms with Crippen molar-refractivity contribution in [1.29, 1.82) is 0 Å². The van der Waals surface area contributed by atoms with Crippen molar-refractivity contribution in [3.8, 4) is 0 Å². The van der Waals surface area contributed by atoms with Crippen molar-refractivity contribution < 1.29 is 13.5 Å². The molecule has 0 saturated carbocycles. The summed E-state index contributed by atoms with van der Waals surface area (Å²) in [6.45, 7) is 4.92. The molecule has 2 N–H and O–H groups in total. The molecule has 0 aliphatic carbocycles. The first-order valence-electron chi connectivity index (χ1n) is 5.34. The molecule has 15 heavy (non-hydrogen) atoms. The Balaban J connectivity index is 2.52. The molecule has 6 heteroatoms. The quantitative estimate of drug-likeness (QED) is 0.726. The van der Waals surface area contributed by atoms with E-state index in [0.29, 0.717) is 32.5 Å². The molecule has 0 aromatic carbocycles. The highest BCUT2D eigenvalue weighted by Crippen LogP contribution is 2.22. The zero-order valence-corrected chi connectivity index (χ0v) is 10.2. The summed E-state index contributed by atoms with van der Waals surface area (Å²) in [5, 5.41) is 9.69. The topological polar surface area (TPSA) is 69.6 Å². The Morgan fingerprint density at radius 2 is 1.93 bits per heavy atom. The lowest BCUT2D eigenvalue weighted by Crippen LogP contribution is -2.49. The third-order valence-electron chi connectivity index (χ3n) is 2.67. The van der Waals surface area contributed by atoms with E-state index >= 15 is 0 Å². The van der Waals surface area contributed by atoms with E-state index in [1.54, 1.807) is 6.92 Å². The van der Waals surface area contributed by atoms with E-state index in [2.05, 4.69) is 4.72 Å². The Hall–Kier alpha value is -0.170. The zero-order valence-electron chi connectivity index (χ0n) is 9.36. The van der Waals surface area contributed by atoms with Crippen LogP contribution in [0.15, 0.2) is 0 Å². The Labute approximate surface area is 91.7 Å². The Kier molecular flexibility index (Phi) is 4.11. The average Bonchev–Trinajstić information content (AvgIpc) is 2.14. The third-order valence-corrected chi connectivity index (χ3v) is 4.29. The number of hydrogen-bond acceptors (Lipinski definition) is 3. The van der Waals surface area contributed by atoms with Crippen LogP contribution in [0.3, 0.4) is 0 Å². The predicted molar refractivity (Wildman–Crippen MR) is 58.6 cm³/mol. The van der Waals surface area contributed by atoms with Crippen LogP contribution in [-0.4, -0.2) is 43.1 Å².